The van der Waals surface area contributed by atoms with Crippen molar-refractivity contribution in [2.24, 2.45) is 5.41 Å². The molecule has 1 amide bonds. The number of amides is 1. The lowest BCUT2D eigenvalue weighted by Gasteiger charge is -2.21. The maximum Gasteiger partial charge on any atom is 0.240 e. The largest absolute Gasteiger partial charge is 0.396 e. The average molecular weight is 258 g/mol. The molecule has 98 valence electrons. The Morgan fingerprint density at radius 3 is 2.53 bits per heavy atom. The Labute approximate surface area is 108 Å². The Morgan fingerprint density at radius 1 is 1.41 bits per heavy atom. The van der Waals surface area contributed by atoms with Crippen LogP contribution in [0.2, 0.25) is 0 Å². The van der Waals surface area contributed by atoms with Crippen LogP contribution in [0.4, 0.5) is 0 Å². The molecule has 0 bridgehead atoms. The minimum Gasteiger partial charge on any atom is -0.396 e. The lowest BCUT2D eigenvalue weighted by molar-refractivity contribution is -0.128. The van der Waals surface area contributed by atoms with Crippen molar-refractivity contribution in [3.8, 4) is 6.07 Å². The number of nitriles is 1. The van der Waals surface area contributed by atoms with Crippen molar-refractivity contribution in [1.29, 1.82) is 5.26 Å². The Bertz CT molecular complexity index is 260. The molecule has 0 aliphatic rings. The van der Waals surface area contributed by atoms with Gasteiger partial charge in [-0.2, -0.15) is 17.0 Å². The van der Waals surface area contributed by atoms with Gasteiger partial charge in [0.05, 0.1) is 6.07 Å². The molecule has 0 saturated carbocycles. The minimum atomic E-state index is -0.865. The van der Waals surface area contributed by atoms with Gasteiger partial charge >= 0.3 is 0 Å². The molecule has 0 fully saturated rings. The molecule has 0 spiro atoms. The molecule has 0 rings (SSSR count). The molecular weight excluding hydrogens is 236 g/mol. The summed E-state index contributed by atoms with van der Waals surface area (Å²) in [6.07, 6.45) is 1.87. The quantitative estimate of drug-likeness (QED) is 0.615. The fraction of sp³-hybridized carbons (Fsp3) is 0.833. The van der Waals surface area contributed by atoms with Crippen molar-refractivity contribution in [3.63, 3.8) is 0 Å². The number of thioether (sulfide) groups is 1. The molecule has 0 heterocycles. The van der Waals surface area contributed by atoms with Crippen LogP contribution in [0.3, 0.4) is 0 Å². The highest BCUT2D eigenvalue weighted by atomic mass is 32.2. The summed E-state index contributed by atoms with van der Waals surface area (Å²) in [5.41, 5.74) is -0.865. The fourth-order valence-corrected chi connectivity index (χ4v) is 2.24. The zero-order chi connectivity index (χ0) is 13.1. The van der Waals surface area contributed by atoms with Crippen molar-refractivity contribution in [1.82, 2.24) is 5.32 Å². The normalized spacial score (nSPS) is 10.9. The van der Waals surface area contributed by atoms with Crippen LogP contribution in [-0.4, -0.2) is 35.7 Å². The van der Waals surface area contributed by atoms with E-state index in [2.05, 4.69) is 11.4 Å². The Balaban J connectivity index is 3.89. The monoisotopic (exact) mass is 258 g/mol. The standard InChI is InChI=1S/C12H22N2O2S/c1-3-12(4-2,10-13)11(16)14-6-9-17-8-5-7-15/h15H,3-9H2,1-2H3,(H,14,16). The number of carbonyl (C=O) groups excluding carboxylic acids is 1. The van der Waals surface area contributed by atoms with E-state index in [4.69, 9.17) is 10.4 Å². The summed E-state index contributed by atoms with van der Waals surface area (Å²) in [6, 6.07) is 2.12. The maximum absolute atomic E-state index is 11.9. The van der Waals surface area contributed by atoms with Crippen molar-refractivity contribution in [2.75, 3.05) is 24.7 Å². The number of nitrogens with one attached hydrogen (secondary N) is 1. The second-order valence-electron chi connectivity index (χ2n) is 3.85. The zero-order valence-corrected chi connectivity index (χ0v) is 11.5. The van der Waals surface area contributed by atoms with Gasteiger partial charge < -0.3 is 10.4 Å². The van der Waals surface area contributed by atoms with Crippen LogP contribution in [0.25, 0.3) is 0 Å². The van der Waals surface area contributed by atoms with Crippen molar-refractivity contribution >= 4 is 17.7 Å². The molecular formula is C12H22N2O2S. The van der Waals surface area contributed by atoms with Crippen molar-refractivity contribution in [3.05, 3.63) is 0 Å². The van der Waals surface area contributed by atoms with E-state index in [1.807, 2.05) is 13.8 Å². The Kier molecular flexibility index (Phi) is 8.92. The van der Waals surface area contributed by atoms with E-state index in [1.165, 1.54) is 0 Å². The van der Waals surface area contributed by atoms with Crippen LogP contribution in [0.1, 0.15) is 33.1 Å². The van der Waals surface area contributed by atoms with Gasteiger partial charge in [-0.25, -0.2) is 0 Å². The van der Waals surface area contributed by atoms with Gasteiger partial charge in [0.25, 0.3) is 0 Å². The minimum absolute atomic E-state index is 0.159. The molecule has 0 aromatic rings. The molecule has 4 nitrogen and oxygen atoms in total. The zero-order valence-electron chi connectivity index (χ0n) is 10.7. The predicted molar refractivity (Wildman–Crippen MR) is 70.7 cm³/mol. The molecule has 2 N–H and O–H groups in total. The van der Waals surface area contributed by atoms with Crippen molar-refractivity contribution < 1.29 is 9.90 Å². The molecule has 0 radical (unpaired) electrons. The molecule has 17 heavy (non-hydrogen) atoms. The predicted octanol–water partition coefficient (Wildman–Crippen LogP) is 1.55. The van der Waals surface area contributed by atoms with E-state index >= 15 is 0 Å². The molecule has 5 heteroatoms. The summed E-state index contributed by atoms with van der Waals surface area (Å²) >= 11 is 1.70. The van der Waals surface area contributed by atoms with Gasteiger partial charge in [-0.15, -0.1) is 0 Å². The van der Waals surface area contributed by atoms with E-state index in [0.717, 1.165) is 17.9 Å². The highest BCUT2D eigenvalue weighted by Crippen LogP contribution is 2.25. The average Bonchev–Trinajstić information content (AvgIpc) is 2.36. The second kappa shape index (κ2) is 9.32. The first-order valence-electron chi connectivity index (χ1n) is 6.05. The van der Waals surface area contributed by atoms with Crippen LogP contribution >= 0.6 is 11.8 Å². The molecule has 0 aliphatic carbocycles. The number of hydrogen-bond donors (Lipinski definition) is 2. The lowest BCUT2D eigenvalue weighted by atomic mass is 9.83. The van der Waals surface area contributed by atoms with Gasteiger partial charge in [-0.3, -0.25) is 4.79 Å². The summed E-state index contributed by atoms with van der Waals surface area (Å²) < 4.78 is 0. The highest BCUT2D eigenvalue weighted by molar-refractivity contribution is 7.99. The van der Waals surface area contributed by atoms with E-state index in [1.54, 1.807) is 11.8 Å². The van der Waals surface area contributed by atoms with E-state index < -0.39 is 5.41 Å². The number of carbonyl (C=O) groups is 1. The third-order valence-electron chi connectivity index (χ3n) is 2.83. The topological polar surface area (TPSA) is 73.1 Å². The third-order valence-corrected chi connectivity index (χ3v) is 3.90. The first kappa shape index (κ1) is 16.3. The number of aliphatic hydroxyl groups excluding tert-OH is 1. The molecule has 0 aliphatic heterocycles. The number of hydrogen-bond acceptors (Lipinski definition) is 4. The van der Waals surface area contributed by atoms with Gasteiger partial charge in [0, 0.05) is 18.9 Å². The number of nitrogens with zero attached hydrogens (tertiary/aromatic N) is 1. The number of aliphatic hydroxyl groups is 1. The molecule has 0 aromatic heterocycles. The smallest absolute Gasteiger partial charge is 0.240 e. The van der Waals surface area contributed by atoms with E-state index in [-0.39, 0.29) is 12.5 Å². The van der Waals surface area contributed by atoms with Crippen LogP contribution in [0.15, 0.2) is 0 Å². The summed E-state index contributed by atoms with van der Waals surface area (Å²) in [6.45, 7) is 4.52. The first-order valence-corrected chi connectivity index (χ1v) is 7.20. The third kappa shape index (κ3) is 5.42. The van der Waals surface area contributed by atoms with Crippen LogP contribution in [0.5, 0.6) is 0 Å². The van der Waals surface area contributed by atoms with Gasteiger partial charge in [-0.05, 0) is 25.0 Å². The number of rotatable bonds is 9. The van der Waals surface area contributed by atoms with Gasteiger partial charge in [0.15, 0.2) is 0 Å². The van der Waals surface area contributed by atoms with Crippen LogP contribution in [-0.2, 0) is 4.79 Å². The lowest BCUT2D eigenvalue weighted by Crippen LogP contribution is -2.40. The Hall–Kier alpha value is -0.730. The van der Waals surface area contributed by atoms with Gasteiger partial charge in [0.2, 0.25) is 5.91 Å². The Morgan fingerprint density at radius 2 is 2.06 bits per heavy atom. The van der Waals surface area contributed by atoms with Crippen molar-refractivity contribution in [2.45, 2.75) is 33.1 Å². The van der Waals surface area contributed by atoms with Gasteiger partial charge in [0.1, 0.15) is 5.41 Å². The fourth-order valence-electron chi connectivity index (χ4n) is 1.45. The second-order valence-corrected chi connectivity index (χ2v) is 5.07. The molecule has 0 saturated heterocycles. The molecule has 0 unspecified atom stereocenters. The molecule has 0 atom stereocenters. The maximum atomic E-state index is 11.9. The van der Waals surface area contributed by atoms with Crippen LogP contribution < -0.4 is 5.32 Å². The SMILES string of the molecule is CCC(C#N)(CC)C(=O)NCCSCCCO. The molecule has 0 aromatic carbocycles. The first-order chi connectivity index (χ1) is 8.16. The van der Waals surface area contributed by atoms with E-state index in [0.29, 0.717) is 19.4 Å². The summed E-state index contributed by atoms with van der Waals surface area (Å²) in [5, 5.41) is 20.5. The van der Waals surface area contributed by atoms with E-state index in [9.17, 15) is 4.79 Å². The van der Waals surface area contributed by atoms with Crippen LogP contribution in [0, 0.1) is 16.7 Å². The summed E-state index contributed by atoms with van der Waals surface area (Å²) in [5.74, 6) is 1.56. The highest BCUT2D eigenvalue weighted by Gasteiger charge is 2.34. The summed E-state index contributed by atoms with van der Waals surface area (Å²) in [7, 11) is 0. The van der Waals surface area contributed by atoms with Gasteiger partial charge in [-0.1, -0.05) is 13.8 Å². The summed E-state index contributed by atoms with van der Waals surface area (Å²) in [4.78, 5) is 11.9.